The van der Waals surface area contributed by atoms with Crippen LogP contribution in [0.4, 0.5) is 4.79 Å². The predicted molar refractivity (Wildman–Crippen MR) is 138 cm³/mol. The van der Waals surface area contributed by atoms with Gasteiger partial charge in [-0.05, 0) is 37.1 Å². The average molecular weight is 517 g/mol. The molecule has 2 atom stereocenters. The van der Waals surface area contributed by atoms with Crippen molar-refractivity contribution in [3.63, 3.8) is 0 Å². The zero-order valence-electron chi connectivity index (χ0n) is 18.0. The lowest BCUT2D eigenvalue weighted by molar-refractivity contribution is 0.177. The molecule has 1 saturated heterocycles. The van der Waals surface area contributed by atoms with Crippen molar-refractivity contribution in [2.75, 3.05) is 26.3 Å². The van der Waals surface area contributed by atoms with E-state index in [1.165, 1.54) is 6.42 Å². The minimum atomic E-state index is -0.330. The van der Waals surface area contributed by atoms with Gasteiger partial charge in [-0.1, -0.05) is 74.5 Å². The van der Waals surface area contributed by atoms with Gasteiger partial charge in [-0.15, -0.1) is 17.0 Å². The number of benzene rings is 2. The lowest BCUT2D eigenvalue weighted by Crippen LogP contribution is -2.17. The lowest BCUT2D eigenvalue weighted by atomic mass is 10.1. The number of nitrogens with one attached hydrogen (secondary N) is 1. The van der Waals surface area contributed by atoms with E-state index in [1.54, 1.807) is 0 Å². The molecule has 0 bridgehead atoms. The molecule has 1 aliphatic rings. The van der Waals surface area contributed by atoms with E-state index in [9.17, 15) is 4.79 Å². The normalized spacial score (nSPS) is 14.2. The highest BCUT2D eigenvalue weighted by Crippen LogP contribution is 2.16. The fourth-order valence-corrected chi connectivity index (χ4v) is 2.52. The van der Waals surface area contributed by atoms with E-state index in [1.807, 2.05) is 60.7 Å². The Balaban J connectivity index is -0.000000390. The van der Waals surface area contributed by atoms with Crippen molar-refractivity contribution in [2.24, 2.45) is 17.2 Å². The molecular weight excluding hydrogens is 474 g/mol. The number of aliphatic hydroxyl groups excluding tert-OH is 1. The number of aliphatic hydroxyl groups is 1. The molecule has 8 nitrogen and oxygen atoms in total. The summed E-state index contributed by atoms with van der Waals surface area (Å²) < 4.78 is 4.77. The Kier molecular flexibility index (Phi) is 24.0. The first-order valence-electron chi connectivity index (χ1n) is 9.92. The number of amides is 1. The summed E-state index contributed by atoms with van der Waals surface area (Å²) in [4.78, 5) is 10.7. The summed E-state index contributed by atoms with van der Waals surface area (Å²) in [5.74, 6) is 0. The number of carbonyl (C=O) groups is 1. The number of rotatable bonds is 7. The molecule has 184 valence electrons. The van der Waals surface area contributed by atoms with Gasteiger partial charge in [-0.2, -0.15) is 0 Å². The zero-order chi connectivity index (χ0) is 21.3. The molecular formula is C23H42BrN5O3. The second-order valence-electron chi connectivity index (χ2n) is 6.54. The summed E-state index contributed by atoms with van der Waals surface area (Å²) in [6.45, 7) is 2.05. The van der Waals surface area contributed by atoms with E-state index in [4.69, 9.17) is 27.0 Å². The van der Waals surface area contributed by atoms with E-state index >= 15 is 0 Å². The first-order chi connectivity index (χ1) is 14.1. The van der Waals surface area contributed by atoms with Crippen LogP contribution in [0.1, 0.15) is 49.9 Å². The third kappa shape index (κ3) is 14.9. The largest absolute Gasteiger partial charge is 0.447 e. The first-order valence-corrected chi connectivity index (χ1v) is 9.92. The maximum atomic E-state index is 10.7. The molecule has 3 rings (SSSR count). The molecule has 2 unspecified atom stereocenters. The zero-order valence-corrected chi connectivity index (χ0v) is 19.7. The Hall–Kier alpha value is -2.01. The van der Waals surface area contributed by atoms with Crippen LogP contribution in [0, 0.1) is 0 Å². The molecule has 1 aliphatic heterocycles. The van der Waals surface area contributed by atoms with E-state index in [0.717, 1.165) is 37.1 Å². The highest BCUT2D eigenvalue weighted by Gasteiger charge is 2.22. The van der Waals surface area contributed by atoms with Gasteiger partial charge in [0.1, 0.15) is 6.61 Å². The van der Waals surface area contributed by atoms with Crippen molar-refractivity contribution in [3.05, 3.63) is 71.8 Å². The Labute approximate surface area is 203 Å². The molecule has 2 aromatic carbocycles. The van der Waals surface area contributed by atoms with Crippen LogP contribution in [0.2, 0.25) is 0 Å². The van der Waals surface area contributed by atoms with E-state index < -0.39 is 0 Å². The van der Waals surface area contributed by atoms with Gasteiger partial charge < -0.3 is 38.5 Å². The third-order valence-corrected chi connectivity index (χ3v) is 4.21. The van der Waals surface area contributed by atoms with Crippen LogP contribution >= 0.6 is 17.0 Å². The second kappa shape index (κ2) is 22.2. The van der Waals surface area contributed by atoms with Crippen LogP contribution in [0.15, 0.2) is 60.7 Å². The Morgan fingerprint density at radius 3 is 1.88 bits per heavy atom. The first kappa shape index (κ1) is 34.6. The van der Waals surface area contributed by atoms with Gasteiger partial charge in [0.05, 0.1) is 18.7 Å². The molecule has 0 aliphatic carbocycles. The van der Waals surface area contributed by atoms with Crippen LogP contribution in [0.3, 0.4) is 0 Å². The monoisotopic (exact) mass is 515 g/mol. The van der Waals surface area contributed by atoms with E-state index in [0.29, 0.717) is 6.61 Å². The SMILES string of the molecule is Br.C.N.NC(CO)c1ccccc1.NCCCCCN.O=C1NC(c2ccccc2)CO1. The van der Waals surface area contributed by atoms with Gasteiger partial charge in [0.15, 0.2) is 0 Å². The number of alkyl carbamates (subject to hydrolysis) is 1. The van der Waals surface area contributed by atoms with Gasteiger partial charge >= 0.3 is 6.09 Å². The van der Waals surface area contributed by atoms with Crippen molar-refractivity contribution in [3.8, 4) is 0 Å². The van der Waals surface area contributed by atoms with Crippen LogP contribution < -0.4 is 28.7 Å². The number of hydrogen-bond acceptors (Lipinski definition) is 7. The molecule has 1 fully saturated rings. The molecule has 0 saturated carbocycles. The quantitative estimate of drug-likeness (QED) is 0.305. The minimum absolute atomic E-state index is 0. The van der Waals surface area contributed by atoms with Crippen LogP contribution in [0.5, 0.6) is 0 Å². The van der Waals surface area contributed by atoms with Crippen molar-refractivity contribution >= 4 is 23.1 Å². The van der Waals surface area contributed by atoms with E-state index in [2.05, 4.69) is 5.32 Å². The van der Waals surface area contributed by atoms with Crippen molar-refractivity contribution in [1.29, 1.82) is 0 Å². The highest BCUT2D eigenvalue weighted by atomic mass is 79.9. The second-order valence-corrected chi connectivity index (χ2v) is 6.54. The lowest BCUT2D eigenvalue weighted by Gasteiger charge is -2.06. The number of ether oxygens (including phenoxy) is 1. The standard InChI is InChI=1S/C9H9NO2.C8H11NO.C5H14N2.CH4.BrH.H3N/c11-9-10-8(6-12-9)7-4-2-1-3-5-7;9-8(6-10)7-4-2-1-3-5-7;6-4-2-1-3-5-7;;;/h1-5,8H,6H2,(H,10,11);1-5,8,10H,6,9H2;1-7H2;1H4;1H;1H3. The van der Waals surface area contributed by atoms with Crippen LogP contribution in [-0.4, -0.2) is 37.5 Å². The van der Waals surface area contributed by atoms with Gasteiger partial charge in [-0.25, -0.2) is 4.79 Å². The van der Waals surface area contributed by atoms with Crippen molar-refractivity contribution in [1.82, 2.24) is 11.5 Å². The predicted octanol–water partition coefficient (Wildman–Crippen LogP) is 3.60. The maximum Gasteiger partial charge on any atom is 0.407 e. The number of halogens is 1. The molecule has 0 radical (unpaired) electrons. The minimum Gasteiger partial charge on any atom is -0.447 e. The number of cyclic esters (lactones) is 1. The fourth-order valence-electron chi connectivity index (χ4n) is 2.52. The van der Waals surface area contributed by atoms with Crippen LogP contribution in [0.25, 0.3) is 0 Å². The maximum absolute atomic E-state index is 10.7. The summed E-state index contributed by atoms with van der Waals surface area (Å²) in [5, 5.41) is 11.4. The summed E-state index contributed by atoms with van der Waals surface area (Å²) >= 11 is 0. The molecule has 0 aromatic heterocycles. The number of carbonyl (C=O) groups excluding carboxylic acids is 1. The average Bonchev–Trinajstić information content (AvgIpc) is 3.22. The van der Waals surface area contributed by atoms with E-state index in [-0.39, 0.29) is 55.3 Å². The smallest absolute Gasteiger partial charge is 0.407 e. The van der Waals surface area contributed by atoms with Crippen molar-refractivity contribution in [2.45, 2.75) is 38.8 Å². The Bertz CT molecular complexity index is 661. The molecule has 32 heavy (non-hydrogen) atoms. The van der Waals surface area contributed by atoms with Gasteiger partial charge in [0.2, 0.25) is 0 Å². The van der Waals surface area contributed by atoms with Crippen molar-refractivity contribution < 1.29 is 14.6 Å². The molecule has 9 heteroatoms. The van der Waals surface area contributed by atoms with Gasteiger partial charge in [0, 0.05) is 0 Å². The molecule has 11 N–H and O–H groups in total. The molecule has 2 aromatic rings. The number of nitrogens with two attached hydrogens (primary N) is 3. The summed E-state index contributed by atoms with van der Waals surface area (Å²) in [6, 6.07) is 19.1. The third-order valence-electron chi connectivity index (χ3n) is 4.21. The van der Waals surface area contributed by atoms with Gasteiger partial charge in [0.25, 0.3) is 0 Å². The molecule has 1 heterocycles. The Morgan fingerprint density at radius 2 is 1.47 bits per heavy atom. The molecule has 1 amide bonds. The number of unbranched alkanes of at least 4 members (excludes halogenated alkanes) is 2. The highest BCUT2D eigenvalue weighted by molar-refractivity contribution is 8.93. The summed E-state index contributed by atoms with van der Waals surface area (Å²) in [7, 11) is 0. The fraction of sp³-hybridized carbons (Fsp3) is 0.435. The van der Waals surface area contributed by atoms with Crippen LogP contribution in [-0.2, 0) is 4.74 Å². The molecule has 0 spiro atoms. The summed E-state index contributed by atoms with van der Waals surface area (Å²) in [6.07, 6.45) is 3.10. The van der Waals surface area contributed by atoms with Gasteiger partial charge in [-0.3, -0.25) is 0 Å². The Morgan fingerprint density at radius 1 is 0.969 bits per heavy atom. The summed E-state index contributed by atoms with van der Waals surface area (Å²) in [5.41, 5.74) is 18.1. The number of hydrogen-bond donors (Lipinski definition) is 6. The topological polar surface area (TPSA) is 172 Å².